The van der Waals surface area contributed by atoms with E-state index in [1.54, 1.807) is 7.11 Å². The predicted molar refractivity (Wildman–Crippen MR) is 82.7 cm³/mol. The molecule has 1 aromatic heterocycles. The maximum absolute atomic E-state index is 12.4. The van der Waals surface area contributed by atoms with E-state index in [1.165, 1.54) is 0 Å². The lowest BCUT2D eigenvalue weighted by molar-refractivity contribution is 0.0933. The van der Waals surface area contributed by atoms with Crippen LogP contribution >= 0.6 is 0 Å². The summed E-state index contributed by atoms with van der Waals surface area (Å²) in [6, 6.07) is 6.17. The largest absolute Gasteiger partial charge is 0.497 e. The van der Waals surface area contributed by atoms with Crippen molar-refractivity contribution < 1.29 is 9.53 Å². The van der Waals surface area contributed by atoms with Gasteiger partial charge in [0.1, 0.15) is 11.4 Å². The molecule has 0 radical (unpaired) electrons. The van der Waals surface area contributed by atoms with Crippen LogP contribution in [0.1, 0.15) is 35.3 Å². The third-order valence-corrected chi connectivity index (χ3v) is 4.30. The van der Waals surface area contributed by atoms with Crippen LogP contribution in [-0.2, 0) is 0 Å². The Morgan fingerprint density at radius 3 is 2.90 bits per heavy atom. The van der Waals surface area contributed by atoms with Crippen molar-refractivity contribution in [2.75, 3.05) is 7.11 Å². The number of benzene rings is 1. The zero-order chi connectivity index (χ0) is 15.0. The van der Waals surface area contributed by atoms with Crippen LogP contribution in [0.4, 0.5) is 0 Å². The van der Waals surface area contributed by atoms with Gasteiger partial charge in [-0.25, -0.2) is 0 Å². The number of amides is 1. The van der Waals surface area contributed by atoms with Crippen LogP contribution in [0.5, 0.6) is 5.75 Å². The highest BCUT2D eigenvalue weighted by molar-refractivity contribution is 6.01. The molecular weight excluding hydrogens is 266 g/mol. The molecule has 112 valence electrons. The first-order valence-corrected chi connectivity index (χ1v) is 7.31. The molecule has 1 heterocycles. The second-order valence-electron chi connectivity index (χ2n) is 5.78. The summed E-state index contributed by atoms with van der Waals surface area (Å²) in [5, 5.41) is 4.09. The van der Waals surface area contributed by atoms with Crippen molar-refractivity contribution in [1.29, 1.82) is 0 Å². The minimum atomic E-state index is -0.0539. The van der Waals surface area contributed by atoms with E-state index in [0.717, 1.165) is 41.5 Å². The molecule has 4 N–H and O–H groups in total. The molecular formula is C16H21N3O2. The fourth-order valence-corrected chi connectivity index (χ4v) is 3.06. The number of hydrogen-bond donors (Lipinski definition) is 3. The fourth-order valence-electron chi connectivity index (χ4n) is 3.06. The molecule has 21 heavy (non-hydrogen) atoms. The number of ether oxygens (including phenoxy) is 1. The summed E-state index contributed by atoms with van der Waals surface area (Å²) in [6.07, 6.45) is 2.80. The number of H-pyrrole nitrogens is 1. The molecule has 0 unspecified atom stereocenters. The number of aryl methyl sites for hydroxylation is 1. The second-order valence-corrected chi connectivity index (χ2v) is 5.78. The first-order valence-electron chi connectivity index (χ1n) is 7.31. The Labute approximate surface area is 123 Å². The topological polar surface area (TPSA) is 80.1 Å². The number of methoxy groups -OCH3 is 1. The number of fused-ring (bicyclic) bond motifs is 1. The Kier molecular flexibility index (Phi) is 3.59. The predicted octanol–water partition coefficient (Wildman–Crippen LogP) is 2.09. The quantitative estimate of drug-likeness (QED) is 0.808. The molecule has 0 spiro atoms. The van der Waals surface area contributed by atoms with Crippen molar-refractivity contribution in [2.45, 2.75) is 38.3 Å². The number of aromatic amines is 1. The number of carbonyl (C=O) groups excluding carboxylic acids is 1. The molecule has 1 fully saturated rings. The summed E-state index contributed by atoms with van der Waals surface area (Å²) >= 11 is 0. The van der Waals surface area contributed by atoms with E-state index in [2.05, 4.69) is 10.3 Å². The van der Waals surface area contributed by atoms with Crippen LogP contribution in [0, 0.1) is 6.92 Å². The normalized spacial score (nSPS) is 21.7. The van der Waals surface area contributed by atoms with Crippen molar-refractivity contribution in [1.82, 2.24) is 10.3 Å². The molecule has 3 rings (SSSR count). The molecule has 1 aliphatic rings. The zero-order valence-corrected chi connectivity index (χ0v) is 12.4. The lowest BCUT2D eigenvalue weighted by atomic mass is 10.1. The number of hydrogen-bond acceptors (Lipinski definition) is 3. The van der Waals surface area contributed by atoms with Crippen LogP contribution in [0.3, 0.4) is 0 Å². The highest BCUT2D eigenvalue weighted by Crippen LogP contribution is 2.26. The Morgan fingerprint density at radius 1 is 1.43 bits per heavy atom. The third kappa shape index (κ3) is 2.61. The minimum Gasteiger partial charge on any atom is -0.497 e. The maximum atomic E-state index is 12.4. The van der Waals surface area contributed by atoms with Crippen LogP contribution < -0.4 is 15.8 Å². The molecule has 2 atom stereocenters. The van der Waals surface area contributed by atoms with E-state index in [-0.39, 0.29) is 18.0 Å². The number of rotatable bonds is 3. The van der Waals surface area contributed by atoms with Crippen molar-refractivity contribution >= 4 is 16.8 Å². The minimum absolute atomic E-state index is 0.0539. The Balaban J connectivity index is 1.86. The molecule has 0 aliphatic heterocycles. The van der Waals surface area contributed by atoms with Gasteiger partial charge in [0, 0.05) is 23.0 Å². The Morgan fingerprint density at radius 2 is 2.24 bits per heavy atom. The van der Waals surface area contributed by atoms with E-state index in [4.69, 9.17) is 10.5 Å². The highest BCUT2D eigenvalue weighted by atomic mass is 16.5. The molecule has 0 bridgehead atoms. The van der Waals surface area contributed by atoms with E-state index >= 15 is 0 Å². The smallest absolute Gasteiger partial charge is 0.268 e. The molecule has 2 aromatic rings. The van der Waals surface area contributed by atoms with Gasteiger partial charge in [-0.1, -0.05) is 0 Å². The lowest BCUT2D eigenvalue weighted by Crippen LogP contribution is -2.34. The van der Waals surface area contributed by atoms with E-state index in [9.17, 15) is 4.79 Å². The summed E-state index contributed by atoms with van der Waals surface area (Å²) < 4.78 is 5.24. The molecule has 1 aliphatic carbocycles. The van der Waals surface area contributed by atoms with Crippen molar-refractivity contribution in [3.05, 3.63) is 29.5 Å². The van der Waals surface area contributed by atoms with Gasteiger partial charge < -0.3 is 20.8 Å². The van der Waals surface area contributed by atoms with Gasteiger partial charge in [0.2, 0.25) is 0 Å². The Hall–Kier alpha value is -2.01. The fraction of sp³-hybridized carbons (Fsp3) is 0.438. The molecule has 5 heteroatoms. The summed E-state index contributed by atoms with van der Waals surface area (Å²) in [7, 11) is 1.64. The van der Waals surface area contributed by atoms with Crippen LogP contribution in [0.2, 0.25) is 0 Å². The lowest BCUT2D eigenvalue weighted by Gasteiger charge is -2.11. The van der Waals surface area contributed by atoms with Gasteiger partial charge >= 0.3 is 0 Å². The monoisotopic (exact) mass is 287 g/mol. The van der Waals surface area contributed by atoms with E-state index in [1.807, 2.05) is 25.1 Å². The van der Waals surface area contributed by atoms with Crippen LogP contribution in [0.25, 0.3) is 10.9 Å². The average Bonchev–Trinajstić information content (AvgIpc) is 3.02. The summed E-state index contributed by atoms with van der Waals surface area (Å²) in [5.74, 6) is 0.736. The van der Waals surface area contributed by atoms with Gasteiger partial charge in [0.25, 0.3) is 5.91 Å². The number of aromatic nitrogens is 1. The SMILES string of the molecule is COc1ccc2[nH]c(C(=O)N[C@@H]3CC[C@@H](N)C3)c(C)c2c1. The highest BCUT2D eigenvalue weighted by Gasteiger charge is 2.25. The number of nitrogens with two attached hydrogens (primary N) is 1. The van der Waals surface area contributed by atoms with Crippen LogP contribution in [-0.4, -0.2) is 30.1 Å². The Bertz CT molecular complexity index is 677. The number of nitrogens with one attached hydrogen (secondary N) is 2. The van der Waals surface area contributed by atoms with Gasteiger partial charge in [-0.2, -0.15) is 0 Å². The molecule has 5 nitrogen and oxygen atoms in total. The standard InChI is InChI=1S/C16H21N3O2/c1-9-13-8-12(21-2)5-6-14(13)19-15(9)16(20)18-11-4-3-10(17)7-11/h5-6,8,10-11,19H,3-4,7,17H2,1-2H3,(H,18,20)/t10-,11-/m1/s1. The average molecular weight is 287 g/mol. The molecule has 1 aromatic carbocycles. The van der Waals surface area contributed by atoms with Gasteiger partial charge in [-0.05, 0) is 49.9 Å². The summed E-state index contributed by atoms with van der Waals surface area (Å²) in [6.45, 7) is 1.95. The number of carbonyl (C=O) groups is 1. The molecule has 0 saturated heterocycles. The summed E-state index contributed by atoms with van der Waals surface area (Å²) in [5.41, 5.74) is 8.41. The second kappa shape index (κ2) is 5.41. The molecule has 1 saturated carbocycles. The van der Waals surface area contributed by atoms with E-state index < -0.39 is 0 Å². The van der Waals surface area contributed by atoms with Crippen molar-refractivity contribution in [2.24, 2.45) is 5.73 Å². The van der Waals surface area contributed by atoms with Gasteiger partial charge in [0.15, 0.2) is 0 Å². The summed E-state index contributed by atoms with van der Waals surface area (Å²) in [4.78, 5) is 15.6. The maximum Gasteiger partial charge on any atom is 0.268 e. The van der Waals surface area contributed by atoms with Crippen molar-refractivity contribution in [3.63, 3.8) is 0 Å². The van der Waals surface area contributed by atoms with E-state index in [0.29, 0.717) is 5.69 Å². The third-order valence-electron chi connectivity index (χ3n) is 4.30. The molecule has 1 amide bonds. The first kappa shape index (κ1) is 13.9. The van der Waals surface area contributed by atoms with Gasteiger partial charge in [0.05, 0.1) is 7.11 Å². The van der Waals surface area contributed by atoms with Crippen molar-refractivity contribution in [3.8, 4) is 5.75 Å². The van der Waals surface area contributed by atoms with Gasteiger partial charge in [-0.15, -0.1) is 0 Å². The van der Waals surface area contributed by atoms with Gasteiger partial charge in [-0.3, -0.25) is 4.79 Å². The van der Waals surface area contributed by atoms with Crippen LogP contribution in [0.15, 0.2) is 18.2 Å². The zero-order valence-electron chi connectivity index (χ0n) is 12.4. The first-order chi connectivity index (χ1) is 10.1.